The lowest BCUT2D eigenvalue weighted by Crippen LogP contribution is -2.29. The average Bonchev–Trinajstić information content (AvgIpc) is 3.19. The van der Waals surface area contributed by atoms with E-state index in [-0.39, 0.29) is 5.91 Å². The van der Waals surface area contributed by atoms with Crippen molar-refractivity contribution >= 4 is 17.1 Å². The Bertz CT molecular complexity index is 955. The van der Waals surface area contributed by atoms with Gasteiger partial charge in [0.25, 0.3) is 5.91 Å². The second-order valence-electron chi connectivity index (χ2n) is 7.42. The van der Waals surface area contributed by atoms with Gasteiger partial charge in [-0.2, -0.15) is 0 Å². The Morgan fingerprint density at radius 3 is 2.73 bits per heavy atom. The lowest BCUT2D eigenvalue weighted by Gasteiger charge is -2.17. The number of nitrogens with zero attached hydrogens (tertiary/aromatic N) is 4. The second-order valence-corrected chi connectivity index (χ2v) is 7.42. The van der Waals surface area contributed by atoms with E-state index in [1.807, 2.05) is 50.1 Å². The van der Waals surface area contributed by atoms with Crippen molar-refractivity contribution < 1.29 is 4.79 Å². The quantitative estimate of drug-likeness (QED) is 0.730. The molecule has 0 saturated carbocycles. The molecule has 4 rings (SSSR count). The van der Waals surface area contributed by atoms with Gasteiger partial charge in [0, 0.05) is 38.3 Å². The smallest absolute Gasteiger partial charge is 0.253 e. The van der Waals surface area contributed by atoms with Gasteiger partial charge in [0.15, 0.2) is 5.65 Å². The fourth-order valence-corrected chi connectivity index (χ4v) is 3.98. The maximum atomic E-state index is 12.9. The van der Waals surface area contributed by atoms with Crippen LogP contribution in [0.2, 0.25) is 0 Å². The lowest BCUT2D eigenvalue weighted by molar-refractivity contribution is 0.0786. The van der Waals surface area contributed by atoms with Crippen LogP contribution >= 0.6 is 0 Å². The monoisotopic (exact) mass is 348 g/mol. The molecule has 1 amide bonds. The highest BCUT2D eigenvalue weighted by atomic mass is 16.2. The standard InChI is InChI=1S/C21H24N4O/c1-14-9-15(2)11-17(10-14)21(26)25-8-6-16(13-25)12-19-23-18-5-4-7-22-20(18)24(19)3/h4-5,7,9-11,16H,6,8,12-13H2,1-3H3/t16-/m1/s1. The van der Waals surface area contributed by atoms with Gasteiger partial charge in [-0.1, -0.05) is 17.2 Å². The maximum absolute atomic E-state index is 12.9. The molecule has 5 heteroatoms. The molecular formula is C21H24N4O. The number of rotatable bonds is 3. The second kappa shape index (κ2) is 6.56. The molecule has 0 N–H and O–H groups in total. The predicted molar refractivity (Wildman–Crippen MR) is 102 cm³/mol. The fraction of sp³-hybridized carbons (Fsp3) is 0.381. The molecule has 1 atom stereocenters. The van der Waals surface area contributed by atoms with E-state index >= 15 is 0 Å². The first kappa shape index (κ1) is 16.8. The first-order valence-electron chi connectivity index (χ1n) is 9.15. The molecule has 134 valence electrons. The number of benzene rings is 1. The third-order valence-electron chi connectivity index (χ3n) is 5.23. The van der Waals surface area contributed by atoms with Gasteiger partial charge in [-0.15, -0.1) is 0 Å². The predicted octanol–water partition coefficient (Wildman–Crippen LogP) is 3.29. The summed E-state index contributed by atoms with van der Waals surface area (Å²) in [5.41, 5.74) is 4.93. The summed E-state index contributed by atoms with van der Waals surface area (Å²) in [5.74, 6) is 1.63. The number of carbonyl (C=O) groups is 1. The zero-order valence-corrected chi connectivity index (χ0v) is 15.6. The molecule has 0 aliphatic carbocycles. The van der Waals surface area contributed by atoms with Crippen molar-refractivity contribution in [1.29, 1.82) is 0 Å². The van der Waals surface area contributed by atoms with Crippen molar-refractivity contribution in [2.24, 2.45) is 13.0 Å². The first-order valence-corrected chi connectivity index (χ1v) is 9.15. The molecule has 5 nitrogen and oxygen atoms in total. The molecule has 1 aliphatic rings. The zero-order chi connectivity index (χ0) is 18.3. The Labute approximate surface area is 153 Å². The molecule has 1 fully saturated rings. The van der Waals surface area contributed by atoms with E-state index in [2.05, 4.69) is 15.6 Å². The third kappa shape index (κ3) is 3.09. The highest BCUT2D eigenvalue weighted by molar-refractivity contribution is 5.94. The highest BCUT2D eigenvalue weighted by Gasteiger charge is 2.28. The van der Waals surface area contributed by atoms with Gasteiger partial charge in [0.05, 0.1) is 0 Å². The van der Waals surface area contributed by atoms with E-state index in [9.17, 15) is 4.79 Å². The molecule has 0 unspecified atom stereocenters. The van der Waals surface area contributed by atoms with Crippen molar-refractivity contribution in [3.8, 4) is 0 Å². The molecule has 0 radical (unpaired) electrons. The van der Waals surface area contributed by atoms with Crippen LogP contribution in [0.1, 0.15) is 33.7 Å². The zero-order valence-electron chi connectivity index (χ0n) is 15.6. The summed E-state index contributed by atoms with van der Waals surface area (Å²) >= 11 is 0. The largest absolute Gasteiger partial charge is 0.338 e. The molecule has 26 heavy (non-hydrogen) atoms. The van der Waals surface area contributed by atoms with Crippen LogP contribution in [-0.2, 0) is 13.5 Å². The van der Waals surface area contributed by atoms with Crippen LogP contribution in [0.3, 0.4) is 0 Å². The van der Waals surface area contributed by atoms with Crippen molar-refractivity contribution in [2.75, 3.05) is 13.1 Å². The summed E-state index contributed by atoms with van der Waals surface area (Å²) in [7, 11) is 2.02. The number of carbonyl (C=O) groups excluding carboxylic acids is 1. The van der Waals surface area contributed by atoms with Crippen molar-refractivity contribution in [3.05, 3.63) is 59.0 Å². The van der Waals surface area contributed by atoms with Crippen LogP contribution in [0.15, 0.2) is 36.5 Å². The van der Waals surface area contributed by atoms with Crippen LogP contribution in [0, 0.1) is 19.8 Å². The minimum absolute atomic E-state index is 0.144. The minimum Gasteiger partial charge on any atom is -0.338 e. The summed E-state index contributed by atoms with van der Waals surface area (Å²) < 4.78 is 2.07. The van der Waals surface area contributed by atoms with E-state index in [1.165, 1.54) is 0 Å². The van der Waals surface area contributed by atoms with E-state index in [0.29, 0.717) is 5.92 Å². The molecule has 1 aromatic carbocycles. The number of aromatic nitrogens is 3. The Morgan fingerprint density at radius 1 is 1.23 bits per heavy atom. The average molecular weight is 348 g/mol. The van der Waals surface area contributed by atoms with E-state index in [1.54, 1.807) is 6.20 Å². The van der Waals surface area contributed by atoms with Crippen LogP contribution in [-0.4, -0.2) is 38.4 Å². The summed E-state index contributed by atoms with van der Waals surface area (Å²) in [5, 5.41) is 0. The lowest BCUT2D eigenvalue weighted by atomic mass is 10.0. The molecule has 0 bridgehead atoms. The molecular weight excluding hydrogens is 324 g/mol. The van der Waals surface area contributed by atoms with Gasteiger partial charge in [0.1, 0.15) is 11.3 Å². The molecule has 2 aromatic heterocycles. The SMILES string of the molecule is Cc1cc(C)cc(C(=O)N2CC[C@H](Cc3nc4cccnc4n3C)C2)c1. The highest BCUT2D eigenvalue weighted by Crippen LogP contribution is 2.24. The Hall–Kier alpha value is -2.69. The van der Waals surface area contributed by atoms with Gasteiger partial charge in [0.2, 0.25) is 0 Å². The maximum Gasteiger partial charge on any atom is 0.253 e. The number of amides is 1. The third-order valence-corrected chi connectivity index (χ3v) is 5.23. The number of hydrogen-bond acceptors (Lipinski definition) is 3. The van der Waals surface area contributed by atoms with Gasteiger partial charge < -0.3 is 9.47 Å². The molecule has 0 spiro atoms. The van der Waals surface area contributed by atoms with Crippen LogP contribution < -0.4 is 0 Å². The van der Waals surface area contributed by atoms with E-state index < -0.39 is 0 Å². The van der Waals surface area contributed by atoms with Crippen molar-refractivity contribution in [1.82, 2.24) is 19.4 Å². The van der Waals surface area contributed by atoms with Crippen molar-refractivity contribution in [3.63, 3.8) is 0 Å². The number of imidazole rings is 1. The van der Waals surface area contributed by atoms with Crippen LogP contribution in [0.25, 0.3) is 11.2 Å². The minimum atomic E-state index is 0.144. The Kier molecular flexibility index (Phi) is 4.23. The number of hydrogen-bond donors (Lipinski definition) is 0. The van der Waals surface area contributed by atoms with Crippen molar-refractivity contribution in [2.45, 2.75) is 26.7 Å². The van der Waals surface area contributed by atoms with Gasteiger partial charge in [-0.25, -0.2) is 9.97 Å². The fourth-order valence-electron chi connectivity index (χ4n) is 3.98. The van der Waals surface area contributed by atoms with Crippen LogP contribution in [0.4, 0.5) is 0 Å². The molecule has 1 aliphatic heterocycles. The Balaban J connectivity index is 1.48. The molecule has 3 heterocycles. The van der Waals surface area contributed by atoms with Crippen LogP contribution in [0.5, 0.6) is 0 Å². The number of likely N-dealkylation sites (tertiary alicyclic amines) is 1. The van der Waals surface area contributed by atoms with Gasteiger partial charge in [-0.05, 0) is 50.5 Å². The van der Waals surface area contributed by atoms with E-state index in [0.717, 1.165) is 59.6 Å². The first-order chi connectivity index (χ1) is 12.5. The topological polar surface area (TPSA) is 51.0 Å². The number of fused-ring (bicyclic) bond motifs is 1. The summed E-state index contributed by atoms with van der Waals surface area (Å²) in [6.45, 7) is 5.69. The Morgan fingerprint density at radius 2 is 2.00 bits per heavy atom. The summed E-state index contributed by atoms with van der Waals surface area (Å²) in [4.78, 5) is 24.0. The van der Waals surface area contributed by atoms with Gasteiger partial charge >= 0.3 is 0 Å². The normalized spacial score (nSPS) is 17.2. The molecule has 3 aromatic rings. The summed E-state index contributed by atoms with van der Waals surface area (Å²) in [6, 6.07) is 9.98. The van der Waals surface area contributed by atoms with E-state index in [4.69, 9.17) is 4.98 Å². The summed E-state index contributed by atoms with van der Waals surface area (Å²) in [6.07, 6.45) is 3.70. The number of aryl methyl sites for hydroxylation is 3. The molecule has 1 saturated heterocycles. The van der Waals surface area contributed by atoms with Gasteiger partial charge in [-0.3, -0.25) is 4.79 Å². The number of pyridine rings is 1.